The Morgan fingerprint density at radius 1 is 1.11 bits per heavy atom. The first kappa shape index (κ1) is 25.6. The van der Waals surface area contributed by atoms with Gasteiger partial charge in [0.05, 0.1) is 30.7 Å². The van der Waals surface area contributed by atoms with E-state index in [1.54, 1.807) is 17.0 Å². The Hall–Kier alpha value is -3.04. The number of aryl methyl sites for hydroxylation is 1. The number of carbonyl (C=O) groups is 2. The fourth-order valence-electron chi connectivity index (χ4n) is 5.62. The predicted octanol–water partition coefficient (Wildman–Crippen LogP) is 3.19. The summed E-state index contributed by atoms with van der Waals surface area (Å²) in [5, 5.41) is 6.27. The van der Waals surface area contributed by atoms with Gasteiger partial charge < -0.3 is 14.2 Å². The average Bonchev–Trinajstić information content (AvgIpc) is 3.68. The van der Waals surface area contributed by atoms with Crippen molar-refractivity contribution in [2.75, 3.05) is 45.9 Å². The highest BCUT2D eigenvalue weighted by molar-refractivity contribution is 6.02. The lowest BCUT2D eigenvalue weighted by molar-refractivity contribution is -0.144. The minimum absolute atomic E-state index is 0.00797. The van der Waals surface area contributed by atoms with Crippen LogP contribution in [0, 0.1) is 11.7 Å². The van der Waals surface area contributed by atoms with Crippen molar-refractivity contribution in [2.24, 2.45) is 18.1 Å². The van der Waals surface area contributed by atoms with Crippen LogP contribution in [0.15, 0.2) is 47.7 Å². The quantitative estimate of drug-likeness (QED) is 0.548. The first-order chi connectivity index (χ1) is 18.0. The molecule has 5 rings (SSSR count). The highest BCUT2D eigenvalue weighted by atomic mass is 19.1. The summed E-state index contributed by atoms with van der Waals surface area (Å²) in [6.07, 6.45) is 6.37. The smallest absolute Gasteiger partial charge is 0.262 e. The lowest BCUT2D eigenvalue weighted by Crippen LogP contribution is -2.47. The zero-order valence-corrected chi connectivity index (χ0v) is 21.5. The Bertz CT molecular complexity index is 1120. The van der Waals surface area contributed by atoms with Crippen LogP contribution in [0.3, 0.4) is 0 Å². The summed E-state index contributed by atoms with van der Waals surface area (Å²) in [5.74, 6) is -0.471. The molecule has 2 amide bonds. The van der Waals surface area contributed by atoms with Gasteiger partial charge in [0.2, 0.25) is 5.91 Å². The van der Waals surface area contributed by atoms with Crippen molar-refractivity contribution < 1.29 is 18.7 Å². The Balaban J connectivity index is 1.37. The first-order valence-electron chi connectivity index (χ1n) is 13.3. The molecule has 2 fully saturated rings. The molecule has 0 N–H and O–H groups in total. The number of rotatable bonds is 8. The maximum Gasteiger partial charge on any atom is 0.262 e. The molecule has 0 bridgehead atoms. The Labute approximate surface area is 217 Å². The maximum absolute atomic E-state index is 13.8. The molecule has 1 saturated heterocycles. The molecule has 1 atom stereocenters. The molecule has 3 heterocycles. The van der Waals surface area contributed by atoms with E-state index in [1.165, 1.54) is 17.1 Å². The molecule has 37 heavy (non-hydrogen) atoms. The van der Waals surface area contributed by atoms with Crippen LogP contribution in [-0.2, 0) is 21.4 Å². The van der Waals surface area contributed by atoms with Crippen LogP contribution in [0.2, 0.25) is 0 Å². The third-order valence-corrected chi connectivity index (χ3v) is 7.79. The Morgan fingerprint density at radius 2 is 1.84 bits per heavy atom. The number of halogens is 1. The topological polar surface area (TPSA) is 70.4 Å². The Morgan fingerprint density at radius 3 is 2.51 bits per heavy atom. The normalized spacial score (nSPS) is 20.9. The van der Waals surface area contributed by atoms with E-state index < -0.39 is 0 Å². The highest BCUT2D eigenvalue weighted by Gasteiger charge is 2.36. The summed E-state index contributed by atoms with van der Waals surface area (Å²) < 4.78 is 21.1. The van der Waals surface area contributed by atoms with Crippen molar-refractivity contribution in [3.05, 3.63) is 59.7 Å². The van der Waals surface area contributed by atoms with Crippen molar-refractivity contribution in [3.63, 3.8) is 0 Å². The minimum Gasteiger partial charge on any atom is -0.379 e. The monoisotopic (exact) mass is 509 g/mol. The van der Waals surface area contributed by atoms with E-state index in [9.17, 15) is 14.0 Å². The second-order valence-corrected chi connectivity index (χ2v) is 10.3. The Kier molecular flexibility index (Phi) is 8.00. The van der Waals surface area contributed by atoms with Crippen LogP contribution in [0.4, 0.5) is 4.39 Å². The number of hydrazone groups is 1. The molecule has 2 aromatic rings. The van der Waals surface area contributed by atoms with Crippen LogP contribution in [0.1, 0.15) is 49.4 Å². The van der Waals surface area contributed by atoms with Gasteiger partial charge in [0.15, 0.2) is 0 Å². The molecule has 3 aliphatic rings. The van der Waals surface area contributed by atoms with E-state index >= 15 is 0 Å². The SMILES string of the molecule is Cn1cccc1C1=NN(C(=O)CN(CCN2CCOCC2)C(=O)C2CCCC2)C(c2ccc(F)cc2)C1. The number of benzene rings is 1. The number of nitrogens with zero attached hydrogens (tertiary/aromatic N) is 5. The standard InChI is InChI=1S/C28H36FN5O3/c1-31-12-4-7-25(31)24-19-26(21-8-10-23(29)11-9-21)34(30-24)27(35)20-33(28(36)22-5-2-3-6-22)14-13-32-15-17-37-18-16-32/h4,7-12,22,26H,2-3,5-6,13-20H2,1H3. The first-order valence-corrected chi connectivity index (χ1v) is 13.3. The second-order valence-electron chi connectivity index (χ2n) is 10.3. The van der Waals surface area contributed by atoms with Gasteiger partial charge in [0, 0.05) is 51.8 Å². The zero-order valence-electron chi connectivity index (χ0n) is 21.5. The summed E-state index contributed by atoms with van der Waals surface area (Å²) >= 11 is 0. The number of amides is 2. The number of hydrogen-bond donors (Lipinski definition) is 0. The molecule has 1 saturated carbocycles. The van der Waals surface area contributed by atoms with E-state index in [0.717, 1.165) is 55.7 Å². The number of morpholine rings is 1. The summed E-state index contributed by atoms with van der Waals surface area (Å²) in [6, 6.07) is 9.83. The van der Waals surface area contributed by atoms with Crippen molar-refractivity contribution >= 4 is 17.5 Å². The number of aromatic nitrogens is 1. The highest BCUT2D eigenvalue weighted by Crippen LogP contribution is 2.33. The average molecular weight is 510 g/mol. The van der Waals surface area contributed by atoms with Crippen LogP contribution in [0.25, 0.3) is 0 Å². The molecule has 0 radical (unpaired) electrons. The third kappa shape index (κ3) is 5.93. The van der Waals surface area contributed by atoms with Gasteiger partial charge in [-0.1, -0.05) is 25.0 Å². The van der Waals surface area contributed by atoms with Crippen LogP contribution < -0.4 is 0 Å². The minimum atomic E-state index is -0.347. The fraction of sp³-hybridized carbons (Fsp3) is 0.536. The van der Waals surface area contributed by atoms with Gasteiger partial charge >= 0.3 is 0 Å². The maximum atomic E-state index is 13.8. The summed E-state index contributed by atoms with van der Waals surface area (Å²) in [4.78, 5) is 31.3. The van der Waals surface area contributed by atoms with E-state index in [4.69, 9.17) is 9.84 Å². The number of carbonyl (C=O) groups excluding carboxylic acids is 2. The molecular formula is C28H36FN5O3. The van der Waals surface area contributed by atoms with Crippen molar-refractivity contribution in [1.29, 1.82) is 0 Å². The molecule has 1 aliphatic carbocycles. The third-order valence-electron chi connectivity index (χ3n) is 7.79. The molecule has 8 nitrogen and oxygen atoms in total. The second kappa shape index (κ2) is 11.6. The van der Waals surface area contributed by atoms with Gasteiger partial charge in [0.25, 0.3) is 5.91 Å². The van der Waals surface area contributed by atoms with Crippen LogP contribution in [-0.4, -0.2) is 82.8 Å². The summed E-state index contributed by atoms with van der Waals surface area (Å²) in [7, 11) is 1.95. The zero-order chi connectivity index (χ0) is 25.8. The lowest BCUT2D eigenvalue weighted by Gasteiger charge is -2.32. The van der Waals surface area contributed by atoms with Gasteiger partial charge in [-0.05, 0) is 42.7 Å². The molecule has 1 aromatic heterocycles. The van der Waals surface area contributed by atoms with Crippen LogP contribution in [0.5, 0.6) is 0 Å². The number of ether oxygens (including phenoxy) is 1. The lowest BCUT2D eigenvalue weighted by atomic mass is 10.0. The fourth-order valence-corrected chi connectivity index (χ4v) is 5.62. The molecule has 198 valence electrons. The van der Waals surface area contributed by atoms with Gasteiger partial charge in [0.1, 0.15) is 12.4 Å². The molecule has 1 unspecified atom stereocenters. The number of hydrogen-bond acceptors (Lipinski definition) is 5. The molecular weight excluding hydrogens is 473 g/mol. The molecule has 1 aromatic carbocycles. The molecule has 9 heteroatoms. The van der Waals surface area contributed by atoms with E-state index in [2.05, 4.69) is 4.90 Å². The summed E-state index contributed by atoms with van der Waals surface area (Å²) in [6.45, 7) is 4.27. The van der Waals surface area contributed by atoms with Crippen molar-refractivity contribution in [2.45, 2.75) is 38.1 Å². The molecule has 2 aliphatic heterocycles. The van der Waals surface area contributed by atoms with Gasteiger partial charge in [-0.3, -0.25) is 14.5 Å². The van der Waals surface area contributed by atoms with E-state index in [1.807, 2.05) is 29.9 Å². The van der Waals surface area contributed by atoms with Gasteiger partial charge in [-0.2, -0.15) is 5.10 Å². The summed E-state index contributed by atoms with van der Waals surface area (Å²) in [5.41, 5.74) is 2.57. The van der Waals surface area contributed by atoms with Crippen LogP contribution >= 0.6 is 0 Å². The van der Waals surface area contributed by atoms with Gasteiger partial charge in [-0.25, -0.2) is 9.40 Å². The van der Waals surface area contributed by atoms with Gasteiger partial charge in [-0.15, -0.1) is 0 Å². The predicted molar refractivity (Wildman–Crippen MR) is 138 cm³/mol. The molecule has 0 spiro atoms. The van der Waals surface area contributed by atoms with E-state index in [-0.39, 0.29) is 36.1 Å². The van der Waals surface area contributed by atoms with Crippen molar-refractivity contribution in [3.8, 4) is 0 Å². The largest absolute Gasteiger partial charge is 0.379 e. The van der Waals surface area contributed by atoms with Crippen molar-refractivity contribution in [1.82, 2.24) is 19.4 Å². The van der Waals surface area contributed by atoms with E-state index in [0.29, 0.717) is 32.7 Å².